The Kier molecular flexibility index (Phi) is 5.73. The molecule has 0 fully saturated rings. The van der Waals surface area contributed by atoms with Crippen molar-refractivity contribution in [3.05, 3.63) is 173 Å². The molecule has 1 aromatic heterocycles. The number of hydrogen-bond donors (Lipinski definition) is 0. The molecule has 8 rings (SSSR count). The molecule has 0 bridgehead atoms. The van der Waals surface area contributed by atoms with Crippen LogP contribution >= 0.6 is 11.6 Å². The van der Waals surface area contributed by atoms with Crippen LogP contribution in [0.2, 0.25) is 5.28 Å². The van der Waals surface area contributed by atoms with Crippen molar-refractivity contribution in [3.8, 4) is 33.9 Å². The molecule has 1 aliphatic carbocycles. The predicted molar refractivity (Wildman–Crippen MR) is 171 cm³/mol. The van der Waals surface area contributed by atoms with Gasteiger partial charge >= 0.3 is 0 Å². The number of hydrogen-bond acceptors (Lipinski definition) is 3. The van der Waals surface area contributed by atoms with E-state index in [0.717, 1.165) is 27.5 Å². The second-order valence-corrected chi connectivity index (χ2v) is 10.9. The minimum atomic E-state index is -0.535. The van der Waals surface area contributed by atoms with Crippen LogP contribution in [0.3, 0.4) is 0 Å². The molecule has 0 saturated heterocycles. The third kappa shape index (κ3) is 3.71. The molecule has 0 spiro atoms. The van der Waals surface area contributed by atoms with E-state index in [1.165, 1.54) is 27.8 Å². The Labute approximate surface area is 249 Å². The van der Waals surface area contributed by atoms with Gasteiger partial charge in [0.15, 0.2) is 11.6 Å². The first-order valence-electron chi connectivity index (χ1n) is 14.0. The third-order valence-corrected chi connectivity index (χ3v) is 8.50. The van der Waals surface area contributed by atoms with Crippen LogP contribution in [-0.4, -0.2) is 15.0 Å². The summed E-state index contributed by atoms with van der Waals surface area (Å²) in [4.78, 5) is 14.1. The van der Waals surface area contributed by atoms with Crippen molar-refractivity contribution in [3.63, 3.8) is 0 Å². The molecular weight excluding hydrogens is 534 g/mol. The van der Waals surface area contributed by atoms with E-state index in [0.29, 0.717) is 11.6 Å². The number of benzene rings is 6. The second-order valence-electron chi connectivity index (χ2n) is 10.6. The Morgan fingerprint density at radius 1 is 0.452 bits per heavy atom. The van der Waals surface area contributed by atoms with E-state index in [1.807, 2.05) is 30.3 Å². The molecule has 0 saturated carbocycles. The molecule has 6 aromatic carbocycles. The molecule has 3 nitrogen and oxygen atoms in total. The summed E-state index contributed by atoms with van der Waals surface area (Å²) in [5.74, 6) is 1.10. The van der Waals surface area contributed by atoms with Gasteiger partial charge in [0.2, 0.25) is 5.28 Å². The van der Waals surface area contributed by atoms with E-state index in [1.54, 1.807) is 0 Å². The summed E-state index contributed by atoms with van der Waals surface area (Å²) in [6.45, 7) is 0. The lowest BCUT2D eigenvalue weighted by molar-refractivity contribution is 0.770. The van der Waals surface area contributed by atoms with Crippen LogP contribution in [0.25, 0.3) is 44.7 Å². The van der Waals surface area contributed by atoms with E-state index < -0.39 is 5.41 Å². The Hall–Kier alpha value is -5.12. The Morgan fingerprint density at radius 2 is 1.02 bits per heavy atom. The summed E-state index contributed by atoms with van der Waals surface area (Å²) in [6.07, 6.45) is 0. The molecule has 1 heterocycles. The molecule has 1 aliphatic rings. The van der Waals surface area contributed by atoms with Crippen molar-refractivity contribution in [1.29, 1.82) is 0 Å². The molecule has 198 valence electrons. The van der Waals surface area contributed by atoms with Gasteiger partial charge in [0.1, 0.15) is 0 Å². The zero-order chi connectivity index (χ0) is 28.1. The first-order valence-corrected chi connectivity index (χ1v) is 14.4. The van der Waals surface area contributed by atoms with Crippen molar-refractivity contribution >= 4 is 22.4 Å². The predicted octanol–water partition coefficient (Wildman–Crippen LogP) is 9.38. The highest BCUT2D eigenvalue weighted by Crippen LogP contribution is 2.56. The Morgan fingerprint density at radius 3 is 1.74 bits per heavy atom. The summed E-state index contributed by atoms with van der Waals surface area (Å²) in [5, 5.41) is 2.34. The van der Waals surface area contributed by atoms with Gasteiger partial charge in [-0.15, -0.1) is 0 Å². The number of halogens is 1. The SMILES string of the molecule is Clc1nc(-c2ccccc2)nc(-c2cc(C3(c4ccccc4)c4ccccc4-c4ccccc43)cc3ccccc23)n1. The van der Waals surface area contributed by atoms with E-state index in [9.17, 15) is 0 Å². The monoisotopic (exact) mass is 557 g/mol. The van der Waals surface area contributed by atoms with E-state index in [2.05, 4.69) is 125 Å². The van der Waals surface area contributed by atoms with Crippen molar-refractivity contribution in [2.24, 2.45) is 0 Å². The Bertz CT molecular complexity index is 2060. The van der Waals surface area contributed by atoms with Gasteiger partial charge in [-0.3, -0.25) is 0 Å². The summed E-state index contributed by atoms with van der Waals surface area (Å²) in [6, 6.07) is 51.2. The molecule has 0 radical (unpaired) electrons. The van der Waals surface area contributed by atoms with Crippen molar-refractivity contribution < 1.29 is 0 Å². The first-order chi connectivity index (χ1) is 20.7. The normalized spacial score (nSPS) is 13.1. The molecule has 0 aliphatic heterocycles. The summed E-state index contributed by atoms with van der Waals surface area (Å²) in [7, 11) is 0. The van der Waals surface area contributed by atoms with E-state index in [-0.39, 0.29) is 5.28 Å². The highest BCUT2D eigenvalue weighted by molar-refractivity contribution is 6.28. The first kappa shape index (κ1) is 24.7. The van der Waals surface area contributed by atoms with Gasteiger partial charge in [0.05, 0.1) is 5.41 Å². The van der Waals surface area contributed by atoms with Crippen LogP contribution in [0.5, 0.6) is 0 Å². The highest BCUT2D eigenvalue weighted by atomic mass is 35.5. The van der Waals surface area contributed by atoms with Gasteiger partial charge in [-0.1, -0.05) is 133 Å². The lowest BCUT2D eigenvalue weighted by Crippen LogP contribution is -2.28. The van der Waals surface area contributed by atoms with Gasteiger partial charge in [0, 0.05) is 11.1 Å². The van der Waals surface area contributed by atoms with Gasteiger partial charge in [0.25, 0.3) is 0 Å². The van der Waals surface area contributed by atoms with Gasteiger partial charge in [-0.25, -0.2) is 4.98 Å². The number of fused-ring (bicyclic) bond motifs is 4. The minimum absolute atomic E-state index is 0.169. The largest absolute Gasteiger partial charge is 0.226 e. The molecule has 0 N–H and O–H groups in total. The third-order valence-electron chi connectivity index (χ3n) is 8.33. The lowest BCUT2D eigenvalue weighted by atomic mass is 9.67. The minimum Gasteiger partial charge on any atom is -0.208 e. The fourth-order valence-corrected chi connectivity index (χ4v) is 6.77. The molecule has 0 unspecified atom stereocenters. The summed E-state index contributed by atoms with van der Waals surface area (Å²) in [5.41, 5.74) is 8.66. The molecule has 0 atom stereocenters. The quantitative estimate of drug-likeness (QED) is 0.216. The van der Waals surface area contributed by atoms with Crippen LogP contribution in [0.4, 0.5) is 0 Å². The number of rotatable bonds is 4. The van der Waals surface area contributed by atoms with E-state index >= 15 is 0 Å². The highest BCUT2D eigenvalue weighted by Gasteiger charge is 2.46. The fourth-order valence-electron chi connectivity index (χ4n) is 6.61. The number of aromatic nitrogens is 3. The average molecular weight is 558 g/mol. The van der Waals surface area contributed by atoms with Gasteiger partial charge < -0.3 is 0 Å². The van der Waals surface area contributed by atoms with Crippen molar-refractivity contribution in [1.82, 2.24) is 15.0 Å². The standard InChI is InChI=1S/C38H24ClN3/c39-37-41-35(25-13-3-1-4-14-25)40-36(42-37)32-24-28(23-26-15-7-8-18-29(26)32)38(27-16-5-2-6-17-27)33-21-11-9-19-30(33)31-20-10-12-22-34(31)38/h1-24H. The topological polar surface area (TPSA) is 38.7 Å². The number of nitrogens with zero attached hydrogens (tertiary/aromatic N) is 3. The molecular formula is C38H24ClN3. The van der Waals surface area contributed by atoms with Crippen LogP contribution in [-0.2, 0) is 5.41 Å². The molecule has 7 aromatic rings. The lowest BCUT2D eigenvalue weighted by Gasteiger charge is -2.34. The zero-order valence-corrected chi connectivity index (χ0v) is 23.3. The van der Waals surface area contributed by atoms with Crippen molar-refractivity contribution in [2.75, 3.05) is 0 Å². The molecule has 0 amide bonds. The van der Waals surface area contributed by atoms with Crippen LogP contribution in [0, 0.1) is 0 Å². The average Bonchev–Trinajstić information content (AvgIpc) is 3.36. The van der Waals surface area contributed by atoms with Crippen LogP contribution in [0.15, 0.2) is 146 Å². The van der Waals surface area contributed by atoms with Crippen LogP contribution < -0.4 is 0 Å². The maximum absolute atomic E-state index is 6.56. The fraction of sp³-hybridized carbons (Fsp3) is 0.0263. The maximum Gasteiger partial charge on any atom is 0.226 e. The molecule has 4 heteroatoms. The van der Waals surface area contributed by atoms with Crippen LogP contribution in [0.1, 0.15) is 22.3 Å². The second kappa shape index (κ2) is 9.76. The summed E-state index contributed by atoms with van der Waals surface area (Å²) >= 11 is 6.56. The van der Waals surface area contributed by atoms with Gasteiger partial charge in [-0.2, -0.15) is 9.97 Å². The zero-order valence-electron chi connectivity index (χ0n) is 22.6. The van der Waals surface area contributed by atoms with E-state index in [4.69, 9.17) is 16.6 Å². The van der Waals surface area contributed by atoms with Crippen molar-refractivity contribution in [2.45, 2.75) is 5.41 Å². The molecule has 42 heavy (non-hydrogen) atoms. The summed E-state index contributed by atoms with van der Waals surface area (Å²) < 4.78 is 0. The Balaban J connectivity index is 1.48. The van der Waals surface area contributed by atoms with Gasteiger partial charge in [-0.05, 0) is 67.9 Å². The maximum atomic E-state index is 6.56. The smallest absolute Gasteiger partial charge is 0.208 e.